The minimum atomic E-state index is 0.0312. The van der Waals surface area contributed by atoms with Gasteiger partial charge in [0, 0.05) is 13.1 Å². The second-order valence-corrected chi connectivity index (χ2v) is 6.21. The van der Waals surface area contributed by atoms with Crippen LogP contribution < -0.4 is 10.1 Å². The Morgan fingerprint density at radius 2 is 2.05 bits per heavy atom. The van der Waals surface area contributed by atoms with E-state index in [0.29, 0.717) is 0 Å². The Morgan fingerprint density at radius 3 is 2.65 bits per heavy atom. The van der Waals surface area contributed by atoms with E-state index in [1.54, 1.807) is 18.9 Å². The molecule has 1 aromatic rings. The standard InChI is InChI=1S/C15H22N2O2S/c1-4-16-9-10-17-14(18)11(2)20-15(17)12-5-7-13(19-3)8-6-12/h5-8,11,15-16H,4,9-10H2,1-3H3/t11-,15-/m0/s1. The number of hydrogen-bond donors (Lipinski definition) is 1. The summed E-state index contributed by atoms with van der Waals surface area (Å²) in [4.78, 5) is 14.2. The molecule has 1 aliphatic rings. The van der Waals surface area contributed by atoms with Gasteiger partial charge in [0.1, 0.15) is 11.1 Å². The van der Waals surface area contributed by atoms with Gasteiger partial charge < -0.3 is 15.0 Å². The molecule has 0 aliphatic carbocycles. The second-order valence-electron chi connectivity index (χ2n) is 4.79. The van der Waals surface area contributed by atoms with E-state index in [1.807, 2.05) is 36.1 Å². The van der Waals surface area contributed by atoms with Gasteiger partial charge in [0.05, 0.1) is 12.4 Å². The lowest BCUT2D eigenvalue weighted by Gasteiger charge is -2.24. The maximum Gasteiger partial charge on any atom is 0.236 e. The summed E-state index contributed by atoms with van der Waals surface area (Å²) in [5.41, 5.74) is 1.16. The summed E-state index contributed by atoms with van der Waals surface area (Å²) in [6.07, 6.45) is 0. The van der Waals surface area contributed by atoms with Crippen LogP contribution in [-0.4, -0.2) is 42.8 Å². The Morgan fingerprint density at radius 1 is 1.35 bits per heavy atom. The van der Waals surface area contributed by atoms with Gasteiger partial charge in [0.25, 0.3) is 0 Å². The largest absolute Gasteiger partial charge is 0.497 e. The van der Waals surface area contributed by atoms with Crippen molar-refractivity contribution in [3.05, 3.63) is 29.8 Å². The molecule has 20 heavy (non-hydrogen) atoms. The summed E-state index contributed by atoms with van der Waals surface area (Å²) in [6.45, 7) is 6.57. The van der Waals surface area contributed by atoms with Crippen molar-refractivity contribution in [1.29, 1.82) is 0 Å². The molecule has 110 valence electrons. The second kappa shape index (κ2) is 6.99. The van der Waals surface area contributed by atoms with Gasteiger partial charge in [0.15, 0.2) is 0 Å². The van der Waals surface area contributed by atoms with Gasteiger partial charge in [-0.15, -0.1) is 11.8 Å². The van der Waals surface area contributed by atoms with E-state index in [2.05, 4.69) is 12.2 Å². The number of amides is 1. The molecule has 2 atom stereocenters. The number of thioether (sulfide) groups is 1. The molecule has 0 bridgehead atoms. The first kappa shape index (κ1) is 15.2. The molecule has 1 N–H and O–H groups in total. The fourth-order valence-corrected chi connectivity index (χ4v) is 3.61. The number of ether oxygens (including phenoxy) is 1. The summed E-state index contributed by atoms with van der Waals surface area (Å²) in [5.74, 6) is 1.07. The normalized spacial score (nSPS) is 22.4. The monoisotopic (exact) mass is 294 g/mol. The highest BCUT2D eigenvalue weighted by molar-refractivity contribution is 8.01. The van der Waals surface area contributed by atoms with Gasteiger partial charge in [0.2, 0.25) is 5.91 Å². The quantitative estimate of drug-likeness (QED) is 0.817. The number of benzene rings is 1. The third kappa shape index (κ3) is 3.27. The lowest BCUT2D eigenvalue weighted by Crippen LogP contribution is -2.36. The van der Waals surface area contributed by atoms with Crippen molar-refractivity contribution in [2.75, 3.05) is 26.7 Å². The first-order chi connectivity index (χ1) is 9.67. The highest BCUT2D eigenvalue weighted by atomic mass is 32.2. The fourth-order valence-electron chi connectivity index (χ4n) is 2.30. The van der Waals surface area contributed by atoms with Crippen LogP contribution in [0.3, 0.4) is 0 Å². The summed E-state index contributed by atoms with van der Waals surface area (Å²) in [7, 11) is 1.66. The summed E-state index contributed by atoms with van der Waals surface area (Å²) in [5, 5.41) is 3.42. The highest BCUT2D eigenvalue weighted by Gasteiger charge is 2.37. The van der Waals surface area contributed by atoms with Crippen molar-refractivity contribution in [3.8, 4) is 5.75 Å². The number of likely N-dealkylation sites (N-methyl/N-ethyl adjacent to an activating group) is 1. The average molecular weight is 294 g/mol. The number of nitrogens with one attached hydrogen (secondary N) is 1. The molecule has 0 aromatic heterocycles. The third-order valence-corrected chi connectivity index (χ3v) is 4.82. The van der Waals surface area contributed by atoms with Gasteiger partial charge in [-0.25, -0.2) is 0 Å². The molecule has 5 heteroatoms. The maximum absolute atomic E-state index is 12.3. The molecule has 0 unspecified atom stereocenters. The molecule has 0 spiro atoms. The predicted molar refractivity (Wildman–Crippen MR) is 83.0 cm³/mol. The van der Waals surface area contributed by atoms with Gasteiger partial charge in [-0.3, -0.25) is 4.79 Å². The van der Waals surface area contributed by atoms with Gasteiger partial charge in [-0.1, -0.05) is 19.1 Å². The van der Waals surface area contributed by atoms with E-state index < -0.39 is 0 Å². The lowest BCUT2D eigenvalue weighted by atomic mass is 10.2. The molecule has 1 amide bonds. The van der Waals surface area contributed by atoms with Crippen LogP contribution in [0.1, 0.15) is 24.8 Å². The number of nitrogens with zero attached hydrogens (tertiary/aromatic N) is 1. The van der Waals surface area contributed by atoms with E-state index in [-0.39, 0.29) is 16.5 Å². The van der Waals surface area contributed by atoms with Crippen LogP contribution in [0.15, 0.2) is 24.3 Å². The molecular weight excluding hydrogens is 272 g/mol. The van der Waals surface area contributed by atoms with E-state index >= 15 is 0 Å². The topological polar surface area (TPSA) is 41.6 Å². The van der Waals surface area contributed by atoms with Gasteiger partial charge >= 0.3 is 0 Å². The molecule has 1 aromatic carbocycles. The Hall–Kier alpha value is -1.20. The van der Waals surface area contributed by atoms with Crippen LogP contribution in [0.5, 0.6) is 5.75 Å². The van der Waals surface area contributed by atoms with E-state index in [4.69, 9.17) is 4.74 Å². The van der Waals surface area contributed by atoms with E-state index in [0.717, 1.165) is 30.9 Å². The summed E-state index contributed by atoms with van der Waals surface area (Å²) < 4.78 is 5.18. The van der Waals surface area contributed by atoms with Crippen molar-refractivity contribution in [2.24, 2.45) is 0 Å². The number of carbonyl (C=O) groups is 1. The zero-order valence-corrected chi connectivity index (χ0v) is 13.1. The molecule has 1 saturated heterocycles. The van der Waals surface area contributed by atoms with Crippen LogP contribution in [0.2, 0.25) is 0 Å². The molecule has 0 saturated carbocycles. The first-order valence-electron chi connectivity index (χ1n) is 6.98. The SMILES string of the molecule is CCNCCN1C(=O)[C@H](C)S[C@H]1c1ccc(OC)cc1. The van der Waals surface area contributed by atoms with Crippen LogP contribution in [0.25, 0.3) is 0 Å². The van der Waals surface area contributed by atoms with Gasteiger partial charge in [-0.2, -0.15) is 0 Å². The van der Waals surface area contributed by atoms with Crippen molar-refractivity contribution in [2.45, 2.75) is 24.5 Å². The highest BCUT2D eigenvalue weighted by Crippen LogP contribution is 2.42. The molecule has 1 aliphatic heterocycles. The fraction of sp³-hybridized carbons (Fsp3) is 0.533. The smallest absolute Gasteiger partial charge is 0.236 e. The first-order valence-corrected chi connectivity index (χ1v) is 7.92. The van der Waals surface area contributed by atoms with Crippen LogP contribution in [0, 0.1) is 0 Å². The summed E-state index contributed by atoms with van der Waals surface area (Å²) >= 11 is 1.71. The molecule has 1 fully saturated rings. The maximum atomic E-state index is 12.3. The Balaban J connectivity index is 2.12. The third-order valence-electron chi connectivity index (χ3n) is 3.43. The number of hydrogen-bond acceptors (Lipinski definition) is 4. The minimum absolute atomic E-state index is 0.0312. The molecule has 0 radical (unpaired) electrons. The lowest BCUT2D eigenvalue weighted by molar-refractivity contribution is -0.129. The Labute approximate surface area is 124 Å². The van der Waals surface area contributed by atoms with Crippen molar-refractivity contribution < 1.29 is 9.53 Å². The minimum Gasteiger partial charge on any atom is -0.497 e. The number of carbonyl (C=O) groups excluding carboxylic acids is 1. The molecule has 1 heterocycles. The number of methoxy groups -OCH3 is 1. The number of rotatable bonds is 6. The predicted octanol–water partition coefficient (Wildman–Crippen LogP) is 2.27. The zero-order chi connectivity index (χ0) is 14.5. The van der Waals surface area contributed by atoms with Crippen molar-refractivity contribution >= 4 is 17.7 Å². The van der Waals surface area contributed by atoms with E-state index in [1.165, 1.54) is 0 Å². The molecule has 4 nitrogen and oxygen atoms in total. The van der Waals surface area contributed by atoms with Crippen LogP contribution in [-0.2, 0) is 4.79 Å². The Kier molecular flexibility index (Phi) is 5.31. The Bertz CT molecular complexity index is 450. The average Bonchev–Trinajstić information content (AvgIpc) is 2.76. The van der Waals surface area contributed by atoms with Gasteiger partial charge in [-0.05, 0) is 31.2 Å². The molecule has 2 rings (SSSR count). The summed E-state index contributed by atoms with van der Waals surface area (Å²) in [6, 6.07) is 7.99. The van der Waals surface area contributed by atoms with Crippen molar-refractivity contribution in [3.63, 3.8) is 0 Å². The van der Waals surface area contributed by atoms with E-state index in [9.17, 15) is 4.79 Å². The van der Waals surface area contributed by atoms with Crippen molar-refractivity contribution in [1.82, 2.24) is 10.2 Å². The van der Waals surface area contributed by atoms with Crippen LogP contribution >= 0.6 is 11.8 Å². The molecular formula is C15H22N2O2S. The van der Waals surface area contributed by atoms with Crippen LogP contribution in [0.4, 0.5) is 0 Å². The zero-order valence-electron chi connectivity index (χ0n) is 12.3.